The second-order valence-electron chi connectivity index (χ2n) is 4.73. The third-order valence-electron chi connectivity index (χ3n) is 3.73. The molecule has 1 aliphatic rings. The van der Waals surface area contributed by atoms with Gasteiger partial charge in [0.05, 0.1) is 12.6 Å². The lowest BCUT2D eigenvalue weighted by Gasteiger charge is -2.25. The highest BCUT2D eigenvalue weighted by Gasteiger charge is 2.24. The molecule has 17 heavy (non-hydrogen) atoms. The van der Waals surface area contributed by atoms with Gasteiger partial charge in [0.2, 0.25) is 0 Å². The van der Waals surface area contributed by atoms with Gasteiger partial charge in [0.1, 0.15) is 0 Å². The van der Waals surface area contributed by atoms with Gasteiger partial charge in [-0.15, -0.1) is 0 Å². The molecule has 2 heterocycles. The van der Waals surface area contributed by atoms with E-state index in [9.17, 15) is 5.11 Å². The standard InChI is InChI=1S/C14H18N2O/c17-10-14(16-7-3-4-8-16)12-9-15-13-6-2-1-5-11(12)13/h1-2,5-6,9,14-15,17H,3-4,7-8,10H2. The zero-order valence-corrected chi connectivity index (χ0v) is 9.89. The molecule has 1 fully saturated rings. The number of hydrogen-bond donors (Lipinski definition) is 2. The number of benzene rings is 1. The number of para-hydroxylation sites is 1. The van der Waals surface area contributed by atoms with Crippen LogP contribution in [0.5, 0.6) is 0 Å². The van der Waals surface area contributed by atoms with Gasteiger partial charge in [-0.25, -0.2) is 0 Å². The van der Waals surface area contributed by atoms with Crippen LogP contribution in [0.1, 0.15) is 24.4 Å². The number of aliphatic hydroxyl groups is 1. The molecule has 0 spiro atoms. The normalized spacial score (nSPS) is 18.9. The van der Waals surface area contributed by atoms with Gasteiger partial charge in [-0.1, -0.05) is 18.2 Å². The average molecular weight is 230 g/mol. The van der Waals surface area contributed by atoms with E-state index in [2.05, 4.69) is 28.1 Å². The molecule has 1 aromatic heterocycles. The maximum atomic E-state index is 9.66. The van der Waals surface area contributed by atoms with Crippen molar-refractivity contribution in [2.24, 2.45) is 0 Å². The summed E-state index contributed by atoms with van der Waals surface area (Å²) in [6.07, 6.45) is 4.54. The number of aliphatic hydroxyl groups excluding tert-OH is 1. The molecule has 2 aromatic rings. The van der Waals surface area contributed by atoms with Gasteiger partial charge in [0.15, 0.2) is 0 Å². The zero-order valence-electron chi connectivity index (χ0n) is 9.89. The molecular formula is C14H18N2O. The van der Waals surface area contributed by atoms with E-state index in [4.69, 9.17) is 0 Å². The number of hydrogen-bond acceptors (Lipinski definition) is 2. The van der Waals surface area contributed by atoms with Crippen LogP contribution in [0.3, 0.4) is 0 Å². The Morgan fingerprint density at radius 3 is 2.76 bits per heavy atom. The first-order chi connectivity index (χ1) is 8.40. The summed E-state index contributed by atoms with van der Waals surface area (Å²) < 4.78 is 0. The van der Waals surface area contributed by atoms with Crippen molar-refractivity contribution in [2.45, 2.75) is 18.9 Å². The number of aromatic amines is 1. The summed E-state index contributed by atoms with van der Waals surface area (Å²) >= 11 is 0. The number of likely N-dealkylation sites (tertiary alicyclic amines) is 1. The Morgan fingerprint density at radius 1 is 1.24 bits per heavy atom. The van der Waals surface area contributed by atoms with Gasteiger partial charge in [-0.3, -0.25) is 4.90 Å². The minimum atomic E-state index is 0.147. The fraction of sp³-hybridized carbons (Fsp3) is 0.429. The lowest BCUT2D eigenvalue weighted by Crippen LogP contribution is -2.28. The topological polar surface area (TPSA) is 39.3 Å². The second-order valence-corrected chi connectivity index (χ2v) is 4.73. The molecule has 3 heteroatoms. The molecule has 0 bridgehead atoms. The summed E-state index contributed by atoms with van der Waals surface area (Å²) in [5, 5.41) is 10.9. The molecule has 3 rings (SSSR count). The fourth-order valence-electron chi connectivity index (χ4n) is 2.83. The molecule has 1 atom stereocenters. The first-order valence-corrected chi connectivity index (χ1v) is 6.31. The van der Waals surface area contributed by atoms with Crippen LogP contribution in [0, 0.1) is 0 Å². The van der Waals surface area contributed by atoms with E-state index < -0.39 is 0 Å². The van der Waals surface area contributed by atoms with E-state index >= 15 is 0 Å². The van der Waals surface area contributed by atoms with E-state index in [1.165, 1.54) is 23.8 Å². The van der Waals surface area contributed by atoms with Crippen LogP contribution in [0.25, 0.3) is 10.9 Å². The van der Waals surface area contributed by atoms with Crippen molar-refractivity contribution < 1.29 is 5.11 Å². The van der Waals surface area contributed by atoms with Crippen molar-refractivity contribution in [3.8, 4) is 0 Å². The van der Waals surface area contributed by atoms with Crippen molar-refractivity contribution >= 4 is 10.9 Å². The van der Waals surface area contributed by atoms with E-state index in [0.717, 1.165) is 18.6 Å². The molecule has 1 aliphatic heterocycles. The lowest BCUT2D eigenvalue weighted by atomic mass is 10.1. The summed E-state index contributed by atoms with van der Waals surface area (Å²) in [5.74, 6) is 0. The van der Waals surface area contributed by atoms with Crippen LogP contribution in [0.15, 0.2) is 30.5 Å². The molecule has 0 radical (unpaired) electrons. The Balaban J connectivity index is 2.00. The zero-order chi connectivity index (χ0) is 11.7. The molecule has 1 unspecified atom stereocenters. The van der Waals surface area contributed by atoms with Crippen LogP contribution < -0.4 is 0 Å². The number of nitrogens with one attached hydrogen (secondary N) is 1. The van der Waals surface area contributed by atoms with Crippen molar-refractivity contribution in [2.75, 3.05) is 19.7 Å². The molecular weight excluding hydrogens is 212 g/mol. The molecule has 1 aromatic carbocycles. The maximum Gasteiger partial charge on any atom is 0.0629 e. The van der Waals surface area contributed by atoms with Crippen LogP contribution in [0.2, 0.25) is 0 Å². The summed E-state index contributed by atoms with van der Waals surface area (Å²) in [4.78, 5) is 5.67. The Labute approximate surface area is 101 Å². The first kappa shape index (κ1) is 10.8. The number of fused-ring (bicyclic) bond motifs is 1. The van der Waals surface area contributed by atoms with Crippen molar-refractivity contribution in [3.05, 3.63) is 36.0 Å². The average Bonchev–Trinajstić information content (AvgIpc) is 3.01. The van der Waals surface area contributed by atoms with Crippen LogP contribution in [0.4, 0.5) is 0 Å². The highest BCUT2D eigenvalue weighted by Crippen LogP contribution is 2.30. The first-order valence-electron chi connectivity index (χ1n) is 6.31. The largest absolute Gasteiger partial charge is 0.394 e. The van der Waals surface area contributed by atoms with Crippen molar-refractivity contribution in [1.82, 2.24) is 9.88 Å². The third-order valence-corrected chi connectivity index (χ3v) is 3.73. The quantitative estimate of drug-likeness (QED) is 0.849. The minimum absolute atomic E-state index is 0.147. The number of aromatic nitrogens is 1. The summed E-state index contributed by atoms with van der Waals surface area (Å²) in [6.45, 7) is 2.40. The fourth-order valence-corrected chi connectivity index (χ4v) is 2.83. The smallest absolute Gasteiger partial charge is 0.0629 e. The predicted octanol–water partition coefficient (Wildman–Crippen LogP) is 2.30. The highest BCUT2D eigenvalue weighted by atomic mass is 16.3. The molecule has 1 saturated heterocycles. The minimum Gasteiger partial charge on any atom is -0.394 e. The number of nitrogens with zero attached hydrogens (tertiary/aromatic N) is 1. The lowest BCUT2D eigenvalue weighted by molar-refractivity contribution is 0.148. The molecule has 90 valence electrons. The summed E-state index contributed by atoms with van der Waals surface area (Å²) in [6, 6.07) is 8.44. The Hall–Kier alpha value is -1.32. The maximum absolute atomic E-state index is 9.66. The third kappa shape index (κ3) is 1.85. The molecule has 3 nitrogen and oxygen atoms in total. The van der Waals surface area contributed by atoms with Gasteiger partial charge < -0.3 is 10.1 Å². The van der Waals surface area contributed by atoms with E-state index in [0.29, 0.717) is 0 Å². The second kappa shape index (κ2) is 4.51. The predicted molar refractivity (Wildman–Crippen MR) is 68.9 cm³/mol. The monoisotopic (exact) mass is 230 g/mol. The Kier molecular flexibility index (Phi) is 2.87. The Bertz CT molecular complexity index is 500. The van der Waals surface area contributed by atoms with Gasteiger partial charge >= 0.3 is 0 Å². The highest BCUT2D eigenvalue weighted by molar-refractivity contribution is 5.83. The number of rotatable bonds is 3. The Morgan fingerprint density at radius 2 is 2.00 bits per heavy atom. The van der Waals surface area contributed by atoms with Crippen LogP contribution in [-0.2, 0) is 0 Å². The van der Waals surface area contributed by atoms with Crippen LogP contribution >= 0.6 is 0 Å². The molecule has 0 saturated carbocycles. The number of H-pyrrole nitrogens is 1. The van der Waals surface area contributed by atoms with Crippen LogP contribution in [-0.4, -0.2) is 34.7 Å². The molecule has 0 aliphatic carbocycles. The van der Waals surface area contributed by atoms with Gasteiger partial charge in [0, 0.05) is 17.1 Å². The summed E-state index contributed by atoms with van der Waals surface area (Å²) in [7, 11) is 0. The van der Waals surface area contributed by atoms with E-state index in [-0.39, 0.29) is 12.6 Å². The SMILES string of the molecule is OCC(c1c[nH]c2ccccc12)N1CCCC1. The van der Waals surface area contributed by atoms with Gasteiger partial charge in [-0.05, 0) is 37.6 Å². The van der Waals surface area contributed by atoms with E-state index in [1.807, 2.05) is 12.3 Å². The molecule has 2 N–H and O–H groups in total. The van der Waals surface area contributed by atoms with Gasteiger partial charge in [-0.2, -0.15) is 0 Å². The van der Waals surface area contributed by atoms with Crippen molar-refractivity contribution in [3.63, 3.8) is 0 Å². The molecule has 0 amide bonds. The van der Waals surface area contributed by atoms with Gasteiger partial charge in [0.25, 0.3) is 0 Å². The van der Waals surface area contributed by atoms with Crippen molar-refractivity contribution in [1.29, 1.82) is 0 Å². The summed E-state index contributed by atoms with van der Waals surface area (Å²) in [5.41, 5.74) is 2.38. The van der Waals surface area contributed by atoms with E-state index in [1.54, 1.807) is 0 Å².